The molecule has 0 heterocycles. The molecular formula is C7H8BNO3. The Bertz CT molecular complexity index is 263. The molecular weight excluding hydrogens is 157 g/mol. The zero-order valence-electron chi connectivity index (χ0n) is 6.27. The predicted molar refractivity (Wildman–Crippen MR) is 44.1 cm³/mol. The van der Waals surface area contributed by atoms with Gasteiger partial charge >= 0.3 is 7.25 Å². The van der Waals surface area contributed by atoms with Crippen molar-refractivity contribution in [3.63, 3.8) is 0 Å². The van der Waals surface area contributed by atoms with E-state index in [9.17, 15) is 4.79 Å². The van der Waals surface area contributed by atoms with Gasteiger partial charge in [-0.1, -0.05) is 18.2 Å². The highest BCUT2D eigenvalue weighted by atomic mass is 16.4. The van der Waals surface area contributed by atoms with Crippen molar-refractivity contribution in [3.8, 4) is 0 Å². The summed E-state index contributed by atoms with van der Waals surface area (Å²) in [5.41, 5.74) is 0.394. The smallest absolute Gasteiger partial charge is 0.408 e. The largest absolute Gasteiger partial charge is 0.587 e. The Morgan fingerprint density at radius 2 is 1.83 bits per heavy atom. The van der Waals surface area contributed by atoms with Gasteiger partial charge in [-0.3, -0.25) is 4.79 Å². The molecule has 5 heteroatoms. The third-order valence-corrected chi connectivity index (χ3v) is 1.30. The molecule has 0 aliphatic heterocycles. The highest BCUT2D eigenvalue weighted by molar-refractivity contribution is 6.43. The number of hydrogen-bond donors (Lipinski definition) is 3. The average Bonchev–Trinajstić information content (AvgIpc) is 2.05. The van der Waals surface area contributed by atoms with Gasteiger partial charge in [0.1, 0.15) is 0 Å². The summed E-state index contributed by atoms with van der Waals surface area (Å²) in [5.74, 6) is -0.509. The molecule has 4 nitrogen and oxygen atoms in total. The topological polar surface area (TPSA) is 69.6 Å². The number of amides is 1. The lowest BCUT2D eigenvalue weighted by atomic mass is 10.1. The Hall–Kier alpha value is -1.33. The molecule has 3 N–H and O–H groups in total. The van der Waals surface area contributed by atoms with Crippen molar-refractivity contribution in [2.45, 2.75) is 0 Å². The third-order valence-electron chi connectivity index (χ3n) is 1.30. The fraction of sp³-hybridized carbons (Fsp3) is 0. The van der Waals surface area contributed by atoms with Crippen LogP contribution in [0.3, 0.4) is 0 Å². The second-order valence-electron chi connectivity index (χ2n) is 2.21. The van der Waals surface area contributed by atoms with E-state index in [1.165, 1.54) is 0 Å². The van der Waals surface area contributed by atoms with Crippen LogP contribution in [0.5, 0.6) is 0 Å². The van der Waals surface area contributed by atoms with Crippen LogP contribution >= 0.6 is 0 Å². The van der Waals surface area contributed by atoms with Crippen LogP contribution < -0.4 is 5.23 Å². The number of carbonyl (C=O) groups excluding carboxylic acids is 1. The first kappa shape index (κ1) is 8.77. The minimum atomic E-state index is -1.81. The Kier molecular flexibility index (Phi) is 2.84. The normalized spacial score (nSPS) is 9.17. The summed E-state index contributed by atoms with van der Waals surface area (Å²) in [5, 5.41) is 18.7. The highest BCUT2D eigenvalue weighted by Gasteiger charge is 2.12. The summed E-state index contributed by atoms with van der Waals surface area (Å²) in [6.45, 7) is 0. The van der Waals surface area contributed by atoms with Crippen molar-refractivity contribution in [2.24, 2.45) is 0 Å². The lowest BCUT2D eigenvalue weighted by Crippen LogP contribution is -2.38. The van der Waals surface area contributed by atoms with Crippen LogP contribution in [-0.4, -0.2) is 23.2 Å². The number of benzene rings is 1. The molecule has 1 amide bonds. The van der Waals surface area contributed by atoms with Gasteiger partial charge in [0.25, 0.3) is 0 Å². The molecule has 0 atom stereocenters. The first-order valence-corrected chi connectivity index (χ1v) is 3.42. The lowest BCUT2D eigenvalue weighted by molar-refractivity contribution is 0.0968. The monoisotopic (exact) mass is 165 g/mol. The quantitative estimate of drug-likeness (QED) is 0.511. The first-order valence-electron chi connectivity index (χ1n) is 3.42. The van der Waals surface area contributed by atoms with E-state index >= 15 is 0 Å². The Labute approximate surface area is 70.0 Å². The molecule has 0 aromatic heterocycles. The molecule has 0 aliphatic rings. The third kappa shape index (κ3) is 2.37. The molecule has 1 aromatic rings. The predicted octanol–water partition coefficient (Wildman–Crippen LogP) is -0.614. The number of rotatable bonds is 2. The Morgan fingerprint density at radius 1 is 1.25 bits per heavy atom. The summed E-state index contributed by atoms with van der Waals surface area (Å²) in [6.07, 6.45) is 0. The summed E-state index contributed by atoms with van der Waals surface area (Å²) in [7, 11) is -1.81. The van der Waals surface area contributed by atoms with E-state index in [0.29, 0.717) is 5.56 Å². The van der Waals surface area contributed by atoms with E-state index in [1.54, 1.807) is 30.3 Å². The molecule has 0 bridgehead atoms. The molecule has 0 fully saturated rings. The van der Waals surface area contributed by atoms with Crippen molar-refractivity contribution in [3.05, 3.63) is 35.9 Å². The second kappa shape index (κ2) is 3.89. The number of hydrogen-bond acceptors (Lipinski definition) is 3. The van der Waals surface area contributed by atoms with E-state index in [4.69, 9.17) is 10.0 Å². The van der Waals surface area contributed by atoms with Crippen molar-refractivity contribution in [1.29, 1.82) is 0 Å². The zero-order chi connectivity index (χ0) is 8.97. The van der Waals surface area contributed by atoms with E-state index in [1.807, 2.05) is 5.23 Å². The molecule has 0 unspecified atom stereocenters. The van der Waals surface area contributed by atoms with Crippen molar-refractivity contribution >= 4 is 13.2 Å². The fourth-order valence-corrected chi connectivity index (χ4v) is 0.790. The van der Waals surface area contributed by atoms with Crippen LogP contribution in [0.4, 0.5) is 0 Å². The number of nitrogens with one attached hydrogen (secondary N) is 1. The molecule has 62 valence electrons. The van der Waals surface area contributed by atoms with Gasteiger partial charge in [0.05, 0.1) is 0 Å². The maximum atomic E-state index is 11.0. The van der Waals surface area contributed by atoms with E-state index in [-0.39, 0.29) is 0 Å². The fourth-order valence-electron chi connectivity index (χ4n) is 0.790. The summed E-state index contributed by atoms with van der Waals surface area (Å²) < 4.78 is 0. The summed E-state index contributed by atoms with van der Waals surface area (Å²) in [6, 6.07) is 8.32. The first-order chi connectivity index (χ1) is 5.70. The van der Waals surface area contributed by atoms with Crippen LogP contribution in [-0.2, 0) is 0 Å². The van der Waals surface area contributed by atoms with Crippen LogP contribution in [0.25, 0.3) is 0 Å². The van der Waals surface area contributed by atoms with Crippen LogP contribution in [0, 0.1) is 0 Å². The van der Waals surface area contributed by atoms with Gasteiger partial charge in [0.2, 0.25) is 5.91 Å². The molecule has 12 heavy (non-hydrogen) atoms. The molecule has 1 aromatic carbocycles. The van der Waals surface area contributed by atoms with Gasteiger partial charge in [-0.15, -0.1) is 0 Å². The van der Waals surface area contributed by atoms with Crippen molar-refractivity contribution < 1.29 is 14.8 Å². The standard InChI is InChI=1S/C7H8BNO3/c10-7(9-8(11)12)6-4-2-1-3-5-6/h1-5,11-12H,(H,9,10). The van der Waals surface area contributed by atoms with Crippen LogP contribution in [0.15, 0.2) is 30.3 Å². The van der Waals surface area contributed by atoms with Crippen LogP contribution in [0.1, 0.15) is 10.4 Å². The van der Waals surface area contributed by atoms with Gasteiger partial charge in [-0.2, -0.15) is 0 Å². The molecule has 1 rings (SSSR count). The molecule has 0 aliphatic carbocycles. The van der Waals surface area contributed by atoms with E-state index in [2.05, 4.69) is 0 Å². The average molecular weight is 165 g/mol. The minimum absolute atomic E-state index is 0.394. The molecule has 0 saturated heterocycles. The van der Waals surface area contributed by atoms with Gasteiger partial charge in [0.15, 0.2) is 0 Å². The number of carbonyl (C=O) groups is 1. The lowest BCUT2D eigenvalue weighted by Gasteiger charge is -2.01. The van der Waals surface area contributed by atoms with Gasteiger partial charge < -0.3 is 15.3 Å². The summed E-state index contributed by atoms with van der Waals surface area (Å²) >= 11 is 0. The maximum Gasteiger partial charge on any atom is 0.587 e. The van der Waals surface area contributed by atoms with E-state index in [0.717, 1.165) is 0 Å². The molecule has 0 spiro atoms. The minimum Gasteiger partial charge on any atom is -0.408 e. The molecule has 0 radical (unpaired) electrons. The Balaban J connectivity index is 2.66. The second-order valence-corrected chi connectivity index (χ2v) is 2.21. The van der Waals surface area contributed by atoms with Gasteiger partial charge in [-0.05, 0) is 12.1 Å². The SMILES string of the molecule is O=C(NB(O)O)c1ccccc1. The Morgan fingerprint density at radius 3 is 2.33 bits per heavy atom. The molecule has 0 saturated carbocycles. The van der Waals surface area contributed by atoms with Crippen molar-refractivity contribution in [2.75, 3.05) is 0 Å². The zero-order valence-corrected chi connectivity index (χ0v) is 6.27. The van der Waals surface area contributed by atoms with Gasteiger partial charge in [-0.25, -0.2) is 0 Å². The maximum absolute atomic E-state index is 11.0. The van der Waals surface area contributed by atoms with E-state index < -0.39 is 13.2 Å². The van der Waals surface area contributed by atoms with Crippen molar-refractivity contribution in [1.82, 2.24) is 5.23 Å². The van der Waals surface area contributed by atoms with Gasteiger partial charge in [0, 0.05) is 5.56 Å². The summed E-state index contributed by atoms with van der Waals surface area (Å²) in [4.78, 5) is 11.0. The highest BCUT2D eigenvalue weighted by Crippen LogP contribution is 1.96. The van der Waals surface area contributed by atoms with Crippen LogP contribution in [0.2, 0.25) is 0 Å².